The number of ether oxygens (including phenoxy) is 2. The first-order valence-corrected chi connectivity index (χ1v) is 10.6. The molecule has 1 aliphatic rings. The highest BCUT2D eigenvalue weighted by Gasteiger charge is 2.27. The molecule has 3 heterocycles. The van der Waals surface area contributed by atoms with Gasteiger partial charge in [0, 0.05) is 12.7 Å². The van der Waals surface area contributed by atoms with Crippen molar-refractivity contribution in [3.05, 3.63) is 72.2 Å². The molecular formula is C24H27N5O3. The molecule has 1 aliphatic heterocycles. The van der Waals surface area contributed by atoms with Crippen LogP contribution in [0.5, 0.6) is 11.5 Å². The summed E-state index contributed by atoms with van der Waals surface area (Å²) >= 11 is 0. The number of anilines is 2. The number of nitrogens with one attached hydrogen (secondary N) is 1. The molecule has 0 radical (unpaired) electrons. The third-order valence-electron chi connectivity index (χ3n) is 5.41. The fourth-order valence-corrected chi connectivity index (χ4v) is 3.92. The lowest BCUT2D eigenvalue weighted by atomic mass is 10.1. The van der Waals surface area contributed by atoms with E-state index < -0.39 is 5.91 Å². The van der Waals surface area contributed by atoms with Crippen molar-refractivity contribution >= 4 is 17.4 Å². The largest absolute Gasteiger partial charge is 0.493 e. The molecule has 8 heteroatoms. The van der Waals surface area contributed by atoms with Gasteiger partial charge in [0.1, 0.15) is 5.82 Å². The van der Waals surface area contributed by atoms with Crippen molar-refractivity contribution in [1.82, 2.24) is 14.9 Å². The van der Waals surface area contributed by atoms with E-state index in [9.17, 15) is 4.79 Å². The van der Waals surface area contributed by atoms with Crippen LogP contribution in [0.25, 0.3) is 0 Å². The predicted molar refractivity (Wildman–Crippen MR) is 122 cm³/mol. The Morgan fingerprint density at radius 3 is 2.81 bits per heavy atom. The molecule has 1 aromatic carbocycles. The Labute approximate surface area is 187 Å². The van der Waals surface area contributed by atoms with Gasteiger partial charge in [0.05, 0.1) is 30.7 Å². The van der Waals surface area contributed by atoms with Crippen molar-refractivity contribution in [1.29, 1.82) is 0 Å². The molecule has 2 aromatic heterocycles. The Morgan fingerprint density at radius 2 is 2.09 bits per heavy atom. The number of rotatable bonds is 9. The van der Waals surface area contributed by atoms with Gasteiger partial charge in [-0.2, -0.15) is 0 Å². The van der Waals surface area contributed by atoms with Crippen LogP contribution in [0, 0.1) is 0 Å². The fraction of sp³-hybridized carbons (Fsp3) is 0.292. The number of carbonyl (C=O) groups is 1. The highest BCUT2D eigenvalue weighted by atomic mass is 16.5. The standard InChI is InChI=1S/C24H27N5O3/c1-31-22-13-17(7-10-21(22)32-16-23(25)30)15-29-12-4-5-20(29)19-9-8-18(14-27-19)28-24-6-2-3-11-26-24/h2-3,6-11,13-14,20H,4-5,12,15-16H2,1H3,(H2,25,30)(H,26,28). The van der Waals surface area contributed by atoms with E-state index >= 15 is 0 Å². The quantitative estimate of drug-likeness (QED) is 0.533. The predicted octanol–water partition coefficient (Wildman–Crippen LogP) is 3.43. The van der Waals surface area contributed by atoms with Crippen LogP contribution < -0.4 is 20.5 Å². The zero-order chi connectivity index (χ0) is 22.3. The van der Waals surface area contributed by atoms with Crippen LogP contribution in [0.15, 0.2) is 60.9 Å². The van der Waals surface area contributed by atoms with Crippen molar-refractivity contribution in [2.75, 3.05) is 25.6 Å². The molecule has 0 bridgehead atoms. The van der Waals surface area contributed by atoms with Crippen molar-refractivity contribution in [3.8, 4) is 11.5 Å². The zero-order valence-corrected chi connectivity index (χ0v) is 18.0. The second-order valence-electron chi connectivity index (χ2n) is 7.68. The topological polar surface area (TPSA) is 103 Å². The lowest BCUT2D eigenvalue weighted by Gasteiger charge is -2.24. The van der Waals surface area contributed by atoms with E-state index in [0.717, 1.165) is 48.7 Å². The van der Waals surface area contributed by atoms with Crippen molar-refractivity contribution in [3.63, 3.8) is 0 Å². The van der Waals surface area contributed by atoms with Gasteiger partial charge in [0.25, 0.3) is 5.91 Å². The van der Waals surface area contributed by atoms with Gasteiger partial charge in [-0.1, -0.05) is 12.1 Å². The monoisotopic (exact) mass is 433 g/mol. The van der Waals surface area contributed by atoms with Crippen molar-refractivity contribution < 1.29 is 14.3 Å². The van der Waals surface area contributed by atoms with E-state index in [0.29, 0.717) is 11.5 Å². The number of likely N-dealkylation sites (tertiary alicyclic amines) is 1. The summed E-state index contributed by atoms with van der Waals surface area (Å²) in [5.74, 6) is 1.36. The summed E-state index contributed by atoms with van der Waals surface area (Å²) in [7, 11) is 1.58. The summed E-state index contributed by atoms with van der Waals surface area (Å²) in [6.07, 6.45) is 5.80. The number of hydrogen-bond acceptors (Lipinski definition) is 7. The first kappa shape index (κ1) is 21.6. The molecule has 8 nitrogen and oxygen atoms in total. The summed E-state index contributed by atoms with van der Waals surface area (Å²) in [4.78, 5) is 22.4. The number of hydrogen-bond donors (Lipinski definition) is 2. The average molecular weight is 434 g/mol. The minimum absolute atomic E-state index is 0.180. The van der Waals surface area contributed by atoms with Gasteiger partial charge >= 0.3 is 0 Å². The molecule has 1 amide bonds. The van der Waals surface area contributed by atoms with Gasteiger partial charge in [-0.25, -0.2) is 4.98 Å². The normalized spacial score (nSPS) is 16.0. The number of benzene rings is 1. The van der Waals surface area contributed by atoms with E-state index in [-0.39, 0.29) is 12.6 Å². The number of aromatic nitrogens is 2. The molecule has 1 fully saturated rings. The number of primary amides is 1. The number of methoxy groups -OCH3 is 1. The molecule has 3 aromatic rings. The SMILES string of the molecule is COc1cc(CN2CCCC2c2ccc(Nc3ccccn3)cn2)ccc1OCC(N)=O. The molecule has 4 rings (SSSR count). The van der Waals surface area contributed by atoms with Crippen molar-refractivity contribution in [2.24, 2.45) is 5.73 Å². The number of amides is 1. The molecule has 0 aliphatic carbocycles. The molecule has 166 valence electrons. The Bertz CT molecular complexity index is 1040. The highest BCUT2D eigenvalue weighted by molar-refractivity contribution is 5.75. The molecule has 1 unspecified atom stereocenters. The van der Waals surface area contributed by atoms with Crippen LogP contribution in [0.4, 0.5) is 11.5 Å². The number of pyridine rings is 2. The van der Waals surface area contributed by atoms with E-state index in [1.165, 1.54) is 0 Å². The highest BCUT2D eigenvalue weighted by Crippen LogP contribution is 2.34. The Morgan fingerprint density at radius 1 is 1.19 bits per heavy atom. The van der Waals surface area contributed by atoms with Crippen molar-refractivity contribution in [2.45, 2.75) is 25.4 Å². The second-order valence-corrected chi connectivity index (χ2v) is 7.68. The van der Waals surface area contributed by atoms with Gasteiger partial charge in [0.15, 0.2) is 18.1 Å². The summed E-state index contributed by atoms with van der Waals surface area (Å²) in [5, 5.41) is 3.27. The number of nitrogens with zero attached hydrogens (tertiary/aromatic N) is 3. The lowest BCUT2D eigenvalue weighted by molar-refractivity contribution is -0.119. The van der Waals surface area contributed by atoms with Crippen LogP contribution in [-0.2, 0) is 11.3 Å². The maximum Gasteiger partial charge on any atom is 0.255 e. The third kappa shape index (κ3) is 5.33. The Balaban J connectivity index is 1.43. The van der Waals surface area contributed by atoms with E-state index in [1.54, 1.807) is 13.3 Å². The van der Waals surface area contributed by atoms with E-state index in [2.05, 4.69) is 21.3 Å². The zero-order valence-electron chi connectivity index (χ0n) is 18.0. The second kappa shape index (κ2) is 10.1. The Hall–Kier alpha value is -3.65. The minimum atomic E-state index is -0.523. The summed E-state index contributed by atoms with van der Waals surface area (Å²) < 4.78 is 10.9. The summed E-state index contributed by atoms with van der Waals surface area (Å²) in [6.45, 7) is 1.59. The number of nitrogens with two attached hydrogens (primary N) is 1. The van der Waals surface area contributed by atoms with Gasteiger partial charge in [-0.3, -0.25) is 14.7 Å². The van der Waals surface area contributed by atoms with Gasteiger partial charge in [-0.15, -0.1) is 0 Å². The van der Waals surface area contributed by atoms with Crippen LogP contribution in [-0.4, -0.2) is 41.0 Å². The first-order valence-electron chi connectivity index (χ1n) is 10.6. The molecule has 1 saturated heterocycles. The Kier molecular flexibility index (Phi) is 6.81. The average Bonchev–Trinajstić information content (AvgIpc) is 3.27. The van der Waals surface area contributed by atoms with E-state index in [4.69, 9.17) is 20.2 Å². The molecule has 32 heavy (non-hydrogen) atoms. The van der Waals surface area contributed by atoms with Crippen LogP contribution in [0.2, 0.25) is 0 Å². The van der Waals surface area contributed by atoms with Crippen LogP contribution >= 0.6 is 0 Å². The van der Waals surface area contributed by atoms with Gasteiger partial charge in [-0.05, 0) is 61.3 Å². The maximum absolute atomic E-state index is 11.0. The molecule has 1 atom stereocenters. The molecular weight excluding hydrogens is 406 g/mol. The molecule has 3 N–H and O–H groups in total. The van der Waals surface area contributed by atoms with Gasteiger partial charge in [0.2, 0.25) is 0 Å². The lowest BCUT2D eigenvalue weighted by Crippen LogP contribution is -2.23. The fourth-order valence-electron chi connectivity index (χ4n) is 3.92. The van der Waals surface area contributed by atoms with Gasteiger partial charge < -0.3 is 20.5 Å². The number of carbonyl (C=O) groups excluding carboxylic acids is 1. The van der Waals surface area contributed by atoms with Crippen LogP contribution in [0.3, 0.4) is 0 Å². The molecule has 0 saturated carbocycles. The minimum Gasteiger partial charge on any atom is -0.493 e. The third-order valence-corrected chi connectivity index (χ3v) is 5.41. The molecule has 0 spiro atoms. The van der Waals surface area contributed by atoms with Crippen LogP contribution in [0.1, 0.15) is 30.1 Å². The maximum atomic E-state index is 11.0. The smallest absolute Gasteiger partial charge is 0.255 e. The summed E-state index contributed by atoms with van der Waals surface area (Å²) in [5.41, 5.74) is 8.24. The summed E-state index contributed by atoms with van der Waals surface area (Å²) in [6, 6.07) is 15.9. The van der Waals surface area contributed by atoms with E-state index in [1.807, 2.05) is 48.7 Å². The first-order chi connectivity index (χ1) is 15.6.